The SMILES string of the molecule is CCn1cc(C(=O)O[C@H](Cn2cncn2)c2ccccc2)cn1. The molecule has 3 rings (SSSR count). The number of nitrogens with zero attached hydrogens (tertiary/aromatic N) is 5. The second-order valence-corrected chi connectivity index (χ2v) is 5.01. The molecule has 3 aromatic rings. The largest absolute Gasteiger partial charge is 0.452 e. The van der Waals surface area contributed by atoms with Crippen molar-refractivity contribution < 1.29 is 9.53 Å². The minimum atomic E-state index is -0.449. The van der Waals surface area contributed by atoms with Crippen LogP contribution in [0, 0.1) is 0 Å². The van der Waals surface area contributed by atoms with Crippen LogP contribution in [0.1, 0.15) is 28.9 Å². The van der Waals surface area contributed by atoms with Crippen LogP contribution in [-0.2, 0) is 17.8 Å². The molecule has 23 heavy (non-hydrogen) atoms. The highest BCUT2D eigenvalue weighted by atomic mass is 16.5. The minimum Gasteiger partial charge on any atom is -0.452 e. The molecule has 0 fully saturated rings. The maximum absolute atomic E-state index is 12.4. The topological polar surface area (TPSA) is 74.8 Å². The van der Waals surface area contributed by atoms with Crippen molar-refractivity contribution in [2.24, 2.45) is 0 Å². The molecular weight excluding hydrogens is 294 g/mol. The molecule has 0 amide bonds. The maximum atomic E-state index is 12.4. The molecule has 7 nitrogen and oxygen atoms in total. The van der Waals surface area contributed by atoms with Gasteiger partial charge in [-0.15, -0.1) is 0 Å². The lowest BCUT2D eigenvalue weighted by atomic mass is 10.1. The maximum Gasteiger partial charge on any atom is 0.342 e. The van der Waals surface area contributed by atoms with Gasteiger partial charge < -0.3 is 4.74 Å². The predicted octanol–water partition coefficient (Wildman–Crippen LogP) is 2.09. The molecule has 0 radical (unpaired) electrons. The smallest absolute Gasteiger partial charge is 0.342 e. The summed E-state index contributed by atoms with van der Waals surface area (Å²) in [6.07, 6.45) is 5.80. The van der Waals surface area contributed by atoms with Crippen molar-refractivity contribution in [3.05, 3.63) is 66.5 Å². The monoisotopic (exact) mass is 311 g/mol. The molecule has 2 heterocycles. The first-order valence-electron chi connectivity index (χ1n) is 7.37. The Bertz CT molecular complexity index is 752. The zero-order valence-corrected chi connectivity index (χ0v) is 12.7. The number of carbonyl (C=O) groups excluding carboxylic acids is 1. The van der Waals surface area contributed by atoms with Gasteiger partial charge in [0, 0.05) is 12.7 Å². The van der Waals surface area contributed by atoms with E-state index in [1.807, 2.05) is 37.3 Å². The molecule has 118 valence electrons. The average molecular weight is 311 g/mol. The Morgan fingerprint density at radius 2 is 2.04 bits per heavy atom. The number of ether oxygens (including phenoxy) is 1. The van der Waals surface area contributed by atoms with Crippen LogP contribution < -0.4 is 0 Å². The van der Waals surface area contributed by atoms with Crippen molar-refractivity contribution in [3.63, 3.8) is 0 Å². The Hall–Kier alpha value is -2.96. The number of rotatable bonds is 6. The molecule has 0 saturated carbocycles. The zero-order valence-electron chi connectivity index (χ0n) is 12.7. The van der Waals surface area contributed by atoms with Gasteiger partial charge in [0.25, 0.3) is 0 Å². The number of benzene rings is 1. The number of esters is 1. The Balaban J connectivity index is 1.79. The molecule has 0 unspecified atom stereocenters. The van der Waals surface area contributed by atoms with E-state index in [-0.39, 0.29) is 0 Å². The van der Waals surface area contributed by atoms with Crippen LogP contribution in [-0.4, -0.2) is 30.5 Å². The van der Waals surface area contributed by atoms with E-state index in [2.05, 4.69) is 15.2 Å². The lowest BCUT2D eigenvalue weighted by Gasteiger charge is -2.17. The Kier molecular flexibility index (Phi) is 4.46. The van der Waals surface area contributed by atoms with Gasteiger partial charge in [-0.05, 0) is 12.5 Å². The van der Waals surface area contributed by atoms with E-state index in [9.17, 15) is 4.79 Å². The van der Waals surface area contributed by atoms with E-state index in [0.29, 0.717) is 18.7 Å². The lowest BCUT2D eigenvalue weighted by molar-refractivity contribution is 0.0246. The fourth-order valence-corrected chi connectivity index (χ4v) is 2.21. The third-order valence-electron chi connectivity index (χ3n) is 3.43. The van der Waals surface area contributed by atoms with Crippen LogP contribution in [0.5, 0.6) is 0 Å². The molecule has 0 saturated heterocycles. The summed E-state index contributed by atoms with van der Waals surface area (Å²) in [5.41, 5.74) is 1.34. The molecule has 7 heteroatoms. The standard InChI is InChI=1S/C16H17N5O2/c1-2-20-9-14(8-18-20)16(22)23-15(10-21-12-17-11-19-21)13-6-4-3-5-7-13/h3-9,11-12,15H,2,10H2,1H3/t15-/m1/s1. The number of carbonyl (C=O) groups is 1. The van der Waals surface area contributed by atoms with Gasteiger partial charge in [0.1, 0.15) is 18.8 Å². The summed E-state index contributed by atoms with van der Waals surface area (Å²) < 4.78 is 9.00. The quantitative estimate of drug-likeness (QED) is 0.652. The van der Waals surface area contributed by atoms with Crippen LogP contribution in [0.4, 0.5) is 0 Å². The summed E-state index contributed by atoms with van der Waals surface area (Å²) >= 11 is 0. The van der Waals surface area contributed by atoms with Crippen LogP contribution >= 0.6 is 0 Å². The Morgan fingerprint density at radius 1 is 1.22 bits per heavy atom. The fourth-order valence-electron chi connectivity index (χ4n) is 2.21. The molecule has 1 aromatic carbocycles. The van der Waals surface area contributed by atoms with Gasteiger partial charge in [0.05, 0.1) is 18.3 Å². The second-order valence-electron chi connectivity index (χ2n) is 5.01. The van der Waals surface area contributed by atoms with E-state index in [0.717, 1.165) is 5.56 Å². The first-order valence-corrected chi connectivity index (χ1v) is 7.37. The third-order valence-corrected chi connectivity index (χ3v) is 3.43. The Morgan fingerprint density at radius 3 is 2.70 bits per heavy atom. The number of hydrogen-bond donors (Lipinski definition) is 0. The van der Waals surface area contributed by atoms with Crippen molar-refractivity contribution in [1.29, 1.82) is 0 Å². The summed E-state index contributed by atoms with van der Waals surface area (Å²) in [6.45, 7) is 3.06. The van der Waals surface area contributed by atoms with E-state index in [4.69, 9.17) is 4.74 Å². The molecule has 1 atom stereocenters. The van der Waals surface area contributed by atoms with Crippen LogP contribution in [0.15, 0.2) is 55.4 Å². The Labute approximate surface area is 133 Å². The van der Waals surface area contributed by atoms with Crippen molar-refractivity contribution in [1.82, 2.24) is 24.5 Å². The third kappa shape index (κ3) is 3.63. The van der Waals surface area contributed by atoms with Gasteiger partial charge in [0.2, 0.25) is 0 Å². The van der Waals surface area contributed by atoms with Crippen molar-refractivity contribution in [2.75, 3.05) is 0 Å². The molecule has 0 bridgehead atoms. The number of aromatic nitrogens is 5. The average Bonchev–Trinajstić information content (AvgIpc) is 3.26. The molecule has 0 aliphatic carbocycles. The first kappa shape index (κ1) is 15.0. The van der Waals surface area contributed by atoms with Gasteiger partial charge in [-0.1, -0.05) is 30.3 Å². The molecule has 0 aliphatic heterocycles. The van der Waals surface area contributed by atoms with Gasteiger partial charge >= 0.3 is 5.97 Å². The van der Waals surface area contributed by atoms with Gasteiger partial charge in [0.15, 0.2) is 0 Å². The van der Waals surface area contributed by atoms with Crippen molar-refractivity contribution in [2.45, 2.75) is 26.1 Å². The van der Waals surface area contributed by atoms with Gasteiger partial charge in [-0.25, -0.2) is 14.5 Å². The summed E-state index contributed by atoms with van der Waals surface area (Å²) in [7, 11) is 0. The molecular formula is C16H17N5O2. The zero-order chi connectivity index (χ0) is 16.1. The molecule has 2 aromatic heterocycles. The molecule has 0 spiro atoms. The predicted molar refractivity (Wildman–Crippen MR) is 82.5 cm³/mol. The second kappa shape index (κ2) is 6.87. The van der Waals surface area contributed by atoms with Crippen molar-refractivity contribution >= 4 is 5.97 Å². The van der Waals surface area contributed by atoms with E-state index >= 15 is 0 Å². The van der Waals surface area contributed by atoms with Crippen molar-refractivity contribution in [3.8, 4) is 0 Å². The number of hydrogen-bond acceptors (Lipinski definition) is 5. The summed E-state index contributed by atoms with van der Waals surface area (Å²) in [6, 6.07) is 9.58. The highest BCUT2D eigenvalue weighted by Crippen LogP contribution is 2.20. The molecule has 0 N–H and O–H groups in total. The lowest BCUT2D eigenvalue weighted by Crippen LogP contribution is -2.17. The van der Waals surface area contributed by atoms with Gasteiger partial charge in [-0.2, -0.15) is 10.2 Å². The van der Waals surface area contributed by atoms with E-state index in [1.165, 1.54) is 12.5 Å². The highest BCUT2D eigenvalue weighted by Gasteiger charge is 2.20. The fraction of sp³-hybridized carbons (Fsp3) is 0.250. The summed E-state index contributed by atoms with van der Waals surface area (Å²) in [5, 5.41) is 8.18. The minimum absolute atomic E-state index is 0.400. The molecule has 0 aliphatic rings. The van der Waals surface area contributed by atoms with Crippen LogP contribution in [0.2, 0.25) is 0 Å². The highest BCUT2D eigenvalue weighted by molar-refractivity contribution is 5.88. The van der Waals surface area contributed by atoms with Crippen LogP contribution in [0.25, 0.3) is 0 Å². The summed E-state index contributed by atoms with van der Waals surface area (Å²) in [5.74, 6) is -0.404. The summed E-state index contributed by atoms with van der Waals surface area (Å²) in [4.78, 5) is 16.3. The first-order chi connectivity index (χ1) is 11.3. The van der Waals surface area contributed by atoms with Gasteiger partial charge in [-0.3, -0.25) is 4.68 Å². The normalized spacial score (nSPS) is 12.0. The number of aryl methyl sites for hydroxylation is 1. The van der Waals surface area contributed by atoms with E-state index in [1.54, 1.807) is 21.9 Å². The van der Waals surface area contributed by atoms with E-state index < -0.39 is 12.1 Å². The van der Waals surface area contributed by atoms with Crippen LogP contribution in [0.3, 0.4) is 0 Å².